The SMILES string of the molecule is N#CP1(Oc2ccccc2)=NP(Oc2ccccc2)N(Oc2ccccc2)[P+](C#N)(Oc2ccccc2)N1Oc1ccccc1. The van der Waals surface area contributed by atoms with Crippen molar-refractivity contribution >= 4 is 23.7 Å². The summed E-state index contributed by atoms with van der Waals surface area (Å²) in [6, 6.07) is 44.2. The normalized spacial score (nSPS) is 21.2. The molecular formula is C32H25N5O5P3+. The Morgan fingerprint density at radius 1 is 0.578 bits per heavy atom. The van der Waals surface area contributed by atoms with Crippen molar-refractivity contribution in [3.63, 3.8) is 0 Å². The van der Waals surface area contributed by atoms with Crippen LogP contribution in [-0.4, -0.2) is 9.21 Å². The lowest BCUT2D eigenvalue weighted by Gasteiger charge is -2.39. The van der Waals surface area contributed by atoms with Crippen molar-refractivity contribution in [2.24, 2.45) is 4.52 Å². The van der Waals surface area contributed by atoms with Gasteiger partial charge in [-0.25, -0.2) is 0 Å². The zero-order chi connectivity index (χ0) is 31.0. The average molecular weight is 653 g/mol. The zero-order valence-corrected chi connectivity index (χ0v) is 26.2. The second-order valence-electron chi connectivity index (χ2n) is 9.16. The second-order valence-corrected chi connectivity index (χ2v) is 15.6. The molecule has 1 aliphatic rings. The summed E-state index contributed by atoms with van der Waals surface area (Å²) < 4.78 is 27.0. The monoisotopic (exact) mass is 652 g/mol. The van der Waals surface area contributed by atoms with Gasteiger partial charge in [0.1, 0.15) is 20.7 Å². The van der Waals surface area contributed by atoms with Crippen LogP contribution in [0.5, 0.6) is 28.7 Å². The molecule has 0 aliphatic carbocycles. The fraction of sp³-hybridized carbons (Fsp3) is 0. The van der Waals surface area contributed by atoms with Gasteiger partial charge in [-0.2, -0.15) is 9.78 Å². The summed E-state index contributed by atoms with van der Waals surface area (Å²) in [5, 5.41) is 22.3. The Hall–Kier alpha value is -4.91. The molecule has 1 aliphatic heterocycles. The summed E-state index contributed by atoms with van der Waals surface area (Å²) >= 11 is 0. The smallest absolute Gasteiger partial charge is 0.435 e. The minimum atomic E-state index is -4.07. The lowest BCUT2D eigenvalue weighted by atomic mass is 10.3. The van der Waals surface area contributed by atoms with E-state index in [0.29, 0.717) is 28.7 Å². The molecule has 0 aromatic heterocycles. The molecule has 6 rings (SSSR count). The summed E-state index contributed by atoms with van der Waals surface area (Å²) in [7, 11) is -10.3. The van der Waals surface area contributed by atoms with Gasteiger partial charge in [-0.3, -0.25) is 4.52 Å². The summed E-state index contributed by atoms with van der Waals surface area (Å²) in [5.41, 5.74) is 0. The third kappa shape index (κ3) is 6.63. The summed E-state index contributed by atoms with van der Waals surface area (Å²) in [5.74, 6) is 6.49. The van der Waals surface area contributed by atoms with Crippen molar-refractivity contribution in [3.05, 3.63) is 152 Å². The van der Waals surface area contributed by atoms with Gasteiger partial charge in [0.05, 0.1) is 0 Å². The maximum atomic E-state index is 11.3. The molecule has 13 heteroatoms. The van der Waals surface area contributed by atoms with Crippen LogP contribution in [0.1, 0.15) is 0 Å². The Morgan fingerprint density at radius 3 is 1.51 bits per heavy atom. The van der Waals surface area contributed by atoms with Gasteiger partial charge in [0.2, 0.25) is 0 Å². The van der Waals surface area contributed by atoms with Crippen molar-refractivity contribution in [1.29, 1.82) is 10.5 Å². The van der Waals surface area contributed by atoms with E-state index in [0.717, 1.165) is 0 Å². The van der Waals surface area contributed by atoms with E-state index in [4.69, 9.17) is 27.8 Å². The highest BCUT2D eigenvalue weighted by molar-refractivity contribution is 7.90. The van der Waals surface area contributed by atoms with Crippen LogP contribution in [0, 0.1) is 22.1 Å². The van der Waals surface area contributed by atoms with E-state index in [-0.39, 0.29) is 0 Å². The summed E-state index contributed by atoms with van der Waals surface area (Å²) in [6.07, 6.45) is 0. The number of hydrogen-bond donors (Lipinski definition) is 0. The van der Waals surface area contributed by atoms with E-state index in [2.05, 4.69) is 11.6 Å². The third-order valence-electron chi connectivity index (χ3n) is 6.04. The van der Waals surface area contributed by atoms with Gasteiger partial charge in [-0.15, -0.1) is 5.26 Å². The molecule has 5 aromatic rings. The fourth-order valence-corrected chi connectivity index (χ4v) is 12.7. The van der Waals surface area contributed by atoms with Gasteiger partial charge in [-0.05, 0) is 60.7 Å². The lowest BCUT2D eigenvalue weighted by molar-refractivity contribution is 0.0569. The summed E-state index contributed by atoms with van der Waals surface area (Å²) in [4.78, 5) is 12.9. The van der Waals surface area contributed by atoms with Crippen molar-refractivity contribution in [2.45, 2.75) is 0 Å². The molecule has 0 amide bonds. The zero-order valence-electron chi connectivity index (χ0n) is 23.6. The quantitative estimate of drug-likeness (QED) is 0.136. The molecule has 222 valence electrons. The molecule has 3 atom stereocenters. The topological polar surface area (TPSA) is 113 Å². The number of hydrogen-bond acceptors (Lipinski definition) is 10. The molecule has 5 aromatic carbocycles. The maximum absolute atomic E-state index is 11.3. The Bertz CT molecular complexity index is 1850. The highest BCUT2D eigenvalue weighted by Crippen LogP contribution is 2.85. The predicted octanol–water partition coefficient (Wildman–Crippen LogP) is 9.81. The molecule has 0 bridgehead atoms. The van der Waals surface area contributed by atoms with Crippen molar-refractivity contribution in [3.8, 4) is 40.4 Å². The Kier molecular flexibility index (Phi) is 9.24. The molecule has 45 heavy (non-hydrogen) atoms. The van der Waals surface area contributed by atoms with Crippen LogP contribution in [0.25, 0.3) is 0 Å². The van der Waals surface area contributed by atoms with Crippen molar-refractivity contribution in [2.75, 3.05) is 0 Å². The first-order chi connectivity index (χ1) is 22.1. The number of benzene rings is 5. The molecule has 0 spiro atoms. The number of nitriles is 2. The Balaban J connectivity index is 1.62. The number of para-hydroxylation sites is 5. The van der Waals surface area contributed by atoms with E-state index >= 15 is 0 Å². The van der Waals surface area contributed by atoms with Crippen LogP contribution in [0.2, 0.25) is 0 Å². The molecule has 10 nitrogen and oxygen atoms in total. The van der Waals surface area contributed by atoms with Crippen LogP contribution in [0.15, 0.2) is 156 Å². The third-order valence-corrected chi connectivity index (χ3v) is 14.1. The van der Waals surface area contributed by atoms with Gasteiger partial charge in [0.25, 0.3) is 0 Å². The van der Waals surface area contributed by atoms with Crippen LogP contribution in [-0.2, 0) is 0 Å². The van der Waals surface area contributed by atoms with E-state index < -0.39 is 23.7 Å². The second kappa shape index (κ2) is 13.8. The predicted molar refractivity (Wildman–Crippen MR) is 173 cm³/mol. The van der Waals surface area contributed by atoms with Gasteiger partial charge in [-0.1, -0.05) is 91.0 Å². The number of rotatable bonds is 10. The first-order valence-electron chi connectivity index (χ1n) is 13.6. The molecule has 0 saturated carbocycles. The van der Waals surface area contributed by atoms with Crippen LogP contribution >= 0.6 is 23.7 Å². The molecule has 0 N–H and O–H groups in total. The first-order valence-corrected chi connectivity index (χ1v) is 18.0. The minimum absolute atomic E-state index is 0.329. The van der Waals surface area contributed by atoms with Crippen molar-refractivity contribution in [1.82, 2.24) is 9.21 Å². The maximum Gasteiger partial charge on any atom is 0.528 e. The van der Waals surface area contributed by atoms with Crippen LogP contribution < -0.4 is 23.2 Å². The highest BCUT2D eigenvalue weighted by Gasteiger charge is 2.76. The summed E-state index contributed by atoms with van der Waals surface area (Å²) in [6.45, 7) is 0. The Labute approximate surface area is 262 Å². The average Bonchev–Trinajstić information content (AvgIpc) is 3.10. The van der Waals surface area contributed by atoms with E-state index in [1.165, 1.54) is 9.21 Å². The van der Waals surface area contributed by atoms with Crippen LogP contribution in [0.3, 0.4) is 0 Å². The minimum Gasteiger partial charge on any atom is -0.435 e. The van der Waals surface area contributed by atoms with Gasteiger partial charge in [0, 0.05) is 0 Å². The van der Waals surface area contributed by atoms with E-state index in [1.807, 2.05) is 42.5 Å². The molecule has 0 fully saturated rings. The lowest BCUT2D eigenvalue weighted by Crippen LogP contribution is -2.41. The molecule has 0 saturated heterocycles. The fourth-order valence-electron chi connectivity index (χ4n) is 4.04. The van der Waals surface area contributed by atoms with Crippen LogP contribution in [0.4, 0.5) is 0 Å². The largest absolute Gasteiger partial charge is 0.528 e. The first kappa shape index (κ1) is 30.1. The van der Waals surface area contributed by atoms with Crippen molar-refractivity contribution < 1.29 is 23.2 Å². The Morgan fingerprint density at radius 2 is 1.02 bits per heavy atom. The molecular weight excluding hydrogens is 627 g/mol. The standard InChI is InChI=1S/C32H25N5O5P3/c33-26-44(41-31-22-12-4-13-23-31)35-43(40-30-20-10-3-11-21-30)36(38-28-16-6-1-7-17-28)45(27-34,42-32-24-14-5-15-25-32)37(44)39-29-18-8-2-9-19-29/h1-25H/q+1. The van der Waals surface area contributed by atoms with Gasteiger partial charge < -0.3 is 18.7 Å². The van der Waals surface area contributed by atoms with E-state index in [1.54, 1.807) is 109 Å². The molecule has 0 radical (unpaired) electrons. The van der Waals surface area contributed by atoms with Gasteiger partial charge >= 0.3 is 29.5 Å². The molecule has 1 heterocycles. The van der Waals surface area contributed by atoms with Gasteiger partial charge in [0.15, 0.2) is 23.1 Å². The number of nitrogens with zero attached hydrogens (tertiary/aromatic N) is 5. The highest BCUT2D eigenvalue weighted by atomic mass is 31.3. The van der Waals surface area contributed by atoms with E-state index in [9.17, 15) is 10.5 Å². The molecule has 3 unspecified atom stereocenters.